The largest absolute Gasteiger partial charge is 0.497 e. The van der Waals surface area contributed by atoms with Crippen molar-refractivity contribution in [1.29, 1.82) is 0 Å². The fourth-order valence-corrected chi connectivity index (χ4v) is 3.58. The van der Waals surface area contributed by atoms with Crippen LogP contribution in [0.2, 0.25) is 0 Å². The van der Waals surface area contributed by atoms with Crippen LogP contribution in [-0.2, 0) is 10.0 Å². The lowest BCUT2D eigenvalue weighted by Crippen LogP contribution is -2.15. The van der Waals surface area contributed by atoms with Crippen LogP contribution in [0.3, 0.4) is 0 Å². The van der Waals surface area contributed by atoms with Crippen LogP contribution in [0.25, 0.3) is 0 Å². The van der Waals surface area contributed by atoms with E-state index in [1.165, 1.54) is 18.2 Å². The summed E-state index contributed by atoms with van der Waals surface area (Å²) >= 11 is 0. The second-order valence-electron chi connectivity index (χ2n) is 6.18. The third-order valence-corrected chi connectivity index (χ3v) is 5.45. The average molecular weight is 396 g/mol. The average Bonchev–Trinajstić information content (AvgIpc) is 2.69. The first kappa shape index (κ1) is 19.4. The number of rotatable bonds is 6. The van der Waals surface area contributed by atoms with Gasteiger partial charge in [0, 0.05) is 16.9 Å². The molecule has 0 saturated heterocycles. The molecular formula is C21H20N2O4S. The summed E-state index contributed by atoms with van der Waals surface area (Å²) in [6.07, 6.45) is 0. The number of methoxy groups -OCH3 is 1. The molecule has 0 radical (unpaired) electrons. The molecule has 0 aliphatic heterocycles. The Morgan fingerprint density at radius 1 is 0.893 bits per heavy atom. The van der Waals surface area contributed by atoms with Gasteiger partial charge in [0.1, 0.15) is 5.75 Å². The summed E-state index contributed by atoms with van der Waals surface area (Å²) in [6, 6.07) is 19.8. The molecule has 3 rings (SSSR count). The minimum Gasteiger partial charge on any atom is -0.497 e. The zero-order valence-corrected chi connectivity index (χ0v) is 16.3. The molecule has 7 heteroatoms. The van der Waals surface area contributed by atoms with E-state index < -0.39 is 10.0 Å². The first-order chi connectivity index (χ1) is 13.4. The van der Waals surface area contributed by atoms with Crippen LogP contribution in [0, 0.1) is 6.92 Å². The number of ether oxygens (including phenoxy) is 1. The SMILES string of the molecule is COc1ccc(NC(=O)c2cccc(NS(=O)(=O)c3ccc(C)cc3)c2)cc1. The van der Waals surface area contributed by atoms with Crippen molar-refractivity contribution in [2.24, 2.45) is 0 Å². The first-order valence-corrected chi connectivity index (χ1v) is 10.0. The molecule has 0 spiro atoms. The van der Waals surface area contributed by atoms with E-state index in [1.807, 2.05) is 6.92 Å². The summed E-state index contributed by atoms with van der Waals surface area (Å²) < 4.78 is 32.6. The second kappa shape index (κ2) is 8.14. The molecule has 0 atom stereocenters. The van der Waals surface area contributed by atoms with Gasteiger partial charge in [0.25, 0.3) is 15.9 Å². The van der Waals surface area contributed by atoms with Gasteiger partial charge in [-0.3, -0.25) is 9.52 Å². The first-order valence-electron chi connectivity index (χ1n) is 8.52. The number of carbonyl (C=O) groups excluding carboxylic acids is 1. The summed E-state index contributed by atoms with van der Waals surface area (Å²) in [5.41, 5.74) is 2.22. The molecule has 3 aromatic rings. The van der Waals surface area contributed by atoms with Gasteiger partial charge >= 0.3 is 0 Å². The smallest absolute Gasteiger partial charge is 0.261 e. The predicted octanol–water partition coefficient (Wildman–Crippen LogP) is 4.06. The standard InChI is InChI=1S/C21H20N2O4S/c1-15-6-12-20(13-7-15)28(25,26)23-18-5-3-4-16(14-18)21(24)22-17-8-10-19(27-2)11-9-17/h3-14,23H,1-2H3,(H,22,24). The molecule has 28 heavy (non-hydrogen) atoms. The Morgan fingerprint density at radius 2 is 1.57 bits per heavy atom. The molecule has 6 nitrogen and oxygen atoms in total. The molecule has 0 aromatic heterocycles. The summed E-state index contributed by atoms with van der Waals surface area (Å²) in [5.74, 6) is 0.340. The number of hydrogen-bond acceptors (Lipinski definition) is 4. The van der Waals surface area contributed by atoms with Gasteiger partial charge < -0.3 is 10.1 Å². The Morgan fingerprint density at radius 3 is 2.21 bits per heavy atom. The van der Waals surface area contributed by atoms with Crippen LogP contribution in [0.1, 0.15) is 15.9 Å². The number of aryl methyl sites for hydroxylation is 1. The number of nitrogens with one attached hydrogen (secondary N) is 2. The maximum absolute atomic E-state index is 12.5. The highest BCUT2D eigenvalue weighted by atomic mass is 32.2. The van der Waals surface area contributed by atoms with E-state index in [0.717, 1.165) is 5.56 Å². The highest BCUT2D eigenvalue weighted by Gasteiger charge is 2.15. The Hall–Kier alpha value is -3.32. The maximum Gasteiger partial charge on any atom is 0.261 e. The molecule has 0 saturated carbocycles. The van der Waals surface area contributed by atoms with E-state index in [9.17, 15) is 13.2 Å². The van der Waals surface area contributed by atoms with Gasteiger partial charge in [-0.2, -0.15) is 0 Å². The minimum atomic E-state index is -3.73. The molecule has 0 unspecified atom stereocenters. The lowest BCUT2D eigenvalue weighted by molar-refractivity contribution is 0.102. The zero-order chi connectivity index (χ0) is 20.1. The Bertz CT molecular complexity index is 1080. The lowest BCUT2D eigenvalue weighted by Gasteiger charge is -2.10. The zero-order valence-electron chi connectivity index (χ0n) is 15.5. The van der Waals surface area contributed by atoms with Gasteiger partial charge in [-0.1, -0.05) is 23.8 Å². The van der Waals surface area contributed by atoms with Crippen molar-refractivity contribution in [2.45, 2.75) is 11.8 Å². The minimum absolute atomic E-state index is 0.159. The highest BCUT2D eigenvalue weighted by molar-refractivity contribution is 7.92. The number of amides is 1. The van der Waals surface area contributed by atoms with Gasteiger partial charge in [-0.05, 0) is 61.5 Å². The molecule has 2 N–H and O–H groups in total. The van der Waals surface area contributed by atoms with Crippen molar-refractivity contribution in [3.63, 3.8) is 0 Å². The molecule has 1 amide bonds. The molecule has 144 valence electrons. The van der Waals surface area contributed by atoms with E-state index in [1.54, 1.807) is 61.7 Å². The van der Waals surface area contributed by atoms with Crippen molar-refractivity contribution in [3.05, 3.63) is 83.9 Å². The fourth-order valence-electron chi connectivity index (χ4n) is 2.53. The van der Waals surface area contributed by atoms with Crippen molar-refractivity contribution in [2.75, 3.05) is 17.1 Å². The van der Waals surface area contributed by atoms with Crippen LogP contribution in [0.5, 0.6) is 5.75 Å². The Kier molecular flexibility index (Phi) is 5.65. The number of carbonyl (C=O) groups is 1. The Labute approximate surface area is 164 Å². The molecule has 0 aliphatic carbocycles. The van der Waals surface area contributed by atoms with E-state index in [2.05, 4.69) is 10.0 Å². The maximum atomic E-state index is 12.5. The van der Waals surface area contributed by atoms with Crippen LogP contribution >= 0.6 is 0 Å². The fraction of sp³-hybridized carbons (Fsp3) is 0.0952. The lowest BCUT2D eigenvalue weighted by atomic mass is 10.2. The van der Waals surface area contributed by atoms with E-state index in [-0.39, 0.29) is 10.8 Å². The van der Waals surface area contributed by atoms with Crippen molar-refractivity contribution in [3.8, 4) is 5.75 Å². The summed E-state index contributed by atoms with van der Waals surface area (Å²) in [4.78, 5) is 12.6. The third kappa shape index (κ3) is 4.69. The van der Waals surface area contributed by atoms with Crippen LogP contribution < -0.4 is 14.8 Å². The second-order valence-corrected chi connectivity index (χ2v) is 7.86. The predicted molar refractivity (Wildman–Crippen MR) is 109 cm³/mol. The quantitative estimate of drug-likeness (QED) is 0.658. The Balaban J connectivity index is 1.75. The molecule has 0 heterocycles. The number of benzene rings is 3. The van der Waals surface area contributed by atoms with Gasteiger partial charge in [0.15, 0.2) is 0 Å². The summed E-state index contributed by atoms with van der Waals surface area (Å²) in [5, 5.41) is 2.77. The topological polar surface area (TPSA) is 84.5 Å². The number of hydrogen-bond donors (Lipinski definition) is 2. The summed E-state index contributed by atoms with van der Waals surface area (Å²) in [6.45, 7) is 1.88. The van der Waals surface area contributed by atoms with Crippen LogP contribution in [0.15, 0.2) is 77.7 Å². The third-order valence-electron chi connectivity index (χ3n) is 4.06. The van der Waals surface area contributed by atoms with Crippen LogP contribution in [-0.4, -0.2) is 21.4 Å². The van der Waals surface area contributed by atoms with Gasteiger partial charge in [0.05, 0.1) is 12.0 Å². The summed E-state index contributed by atoms with van der Waals surface area (Å²) in [7, 11) is -2.17. The van der Waals surface area contributed by atoms with E-state index in [0.29, 0.717) is 22.7 Å². The van der Waals surface area contributed by atoms with Crippen LogP contribution in [0.4, 0.5) is 11.4 Å². The number of sulfonamides is 1. The van der Waals surface area contributed by atoms with Gasteiger partial charge in [-0.15, -0.1) is 0 Å². The van der Waals surface area contributed by atoms with Crippen molar-refractivity contribution in [1.82, 2.24) is 0 Å². The monoisotopic (exact) mass is 396 g/mol. The molecule has 0 bridgehead atoms. The van der Waals surface area contributed by atoms with Crippen molar-refractivity contribution < 1.29 is 17.9 Å². The molecule has 0 aliphatic rings. The van der Waals surface area contributed by atoms with E-state index in [4.69, 9.17) is 4.74 Å². The van der Waals surface area contributed by atoms with E-state index >= 15 is 0 Å². The molecule has 3 aromatic carbocycles. The normalized spacial score (nSPS) is 10.9. The van der Waals surface area contributed by atoms with Gasteiger partial charge in [0.2, 0.25) is 0 Å². The molecular weight excluding hydrogens is 376 g/mol. The van der Waals surface area contributed by atoms with Crippen molar-refractivity contribution >= 4 is 27.3 Å². The van der Waals surface area contributed by atoms with Gasteiger partial charge in [-0.25, -0.2) is 8.42 Å². The number of anilines is 2. The highest BCUT2D eigenvalue weighted by Crippen LogP contribution is 2.19. The molecule has 0 fully saturated rings.